The van der Waals surface area contributed by atoms with Crippen molar-refractivity contribution < 1.29 is 19.0 Å². The summed E-state index contributed by atoms with van der Waals surface area (Å²) in [5.41, 5.74) is 1.86. The molecule has 0 unspecified atom stereocenters. The Morgan fingerprint density at radius 1 is 1.04 bits per heavy atom. The van der Waals surface area contributed by atoms with E-state index >= 15 is 0 Å². The van der Waals surface area contributed by atoms with Gasteiger partial charge in [-0.1, -0.05) is 25.5 Å². The van der Waals surface area contributed by atoms with Gasteiger partial charge in [0, 0.05) is 5.56 Å². The molecule has 1 aliphatic heterocycles. The summed E-state index contributed by atoms with van der Waals surface area (Å²) in [5.74, 6) is 1.39. The lowest BCUT2D eigenvalue weighted by atomic mass is 10.2. The summed E-state index contributed by atoms with van der Waals surface area (Å²) in [6.45, 7) is 2.82. The number of unbranched alkanes of at least 4 members (excludes halogenated alkanes) is 1. The maximum absolute atomic E-state index is 12.1. The average molecular weight is 351 g/mol. The third-order valence-corrected chi connectivity index (χ3v) is 3.91. The fourth-order valence-corrected chi connectivity index (χ4v) is 2.42. The zero-order valence-electron chi connectivity index (χ0n) is 14.9. The van der Waals surface area contributed by atoms with Gasteiger partial charge in [-0.05, 0) is 54.5 Å². The van der Waals surface area contributed by atoms with Crippen LogP contribution in [0.2, 0.25) is 0 Å². The van der Waals surface area contributed by atoms with Crippen molar-refractivity contribution in [2.75, 3.05) is 13.7 Å². The number of esters is 1. The van der Waals surface area contributed by atoms with Gasteiger partial charge in [-0.15, -0.1) is 0 Å². The first-order chi connectivity index (χ1) is 12.7. The molecule has 1 aliphatic rings. The Balaban J connectivity index is 1.73. The summed E-state index contributed by atoms with van der Waals surface area (Å²) in [6.07, 6.45) is 3.80. The minimum atomic E-state index is -0.459. The summed E-state index contributed by atoms with van der Waals surface area (Å²) < 4.78 is 16.1. The maximum atomic E-state index is 12.1. The lowest BCUT2D eigenvalue weighted by Gasteiger charge is -2.05. The third-order valence-electron chi connectivity index (χ3n) is 3.91. The highest BCUT2D eigenvalue weighted by atomic mass is 16.6. The van der Waals surface area contributed by atoms with E-state index in [1.807, 2.05) is 48.5 Å². The summed E-state index contributed by atoms with van der Waals surface area (Å²) in [5, 5.41) is 0. The van der Waals surface area contributed by atoms with Crippen molar-refractivity contribution in [1.29, 1.82) is 0 Å². The Hall–Kier alpha value is -3.08. The Labute approximate surface area is 152 Å². The van der Waals surface area contributed by atoms with Crippen LogP contribution in [-0.2, 0) is 9.53 Å². The zero-order chi connectivity index (χ0) is 18.4. The number of methoxy groups -OCH3 is 1. The van der Waals surface area contributed by atoms with Crippen LogP contribution in [0.25, 0.3) is 6.08 Å². The second-order valence-electron chi connectivity index (χ2n) is 5.84. The van der Waals surface area contributed by atoms with Crippen LogP contribution in [-0.4, -0.2) is 25.6 Å². The van der Waals surface area contributed by atoms with Crippen molar-refractivity contribution in [3.8, 4) is 11.5 Å². The Bertz CT molecular complexity index is 820. The van der Waals surface area contributed by atoms with E-state index in [9.17, 15) is 4.79 Å². The van der Waals surface area contributed by atoms with Crippen LogP contribution in [0.5, 0.6) is 11.5 Å². The molecule has 0 atom stereocenters. The van der Waals surface area contributed by atoms with Gasteiger partial charge < -0.3 is 14.2 Å². The van der Waals surface area contributed by atoms with Crippen LogP contribution in [0.4, 0.5) is 0 Å². The molecule has 2 aromatic rings. The number of cyclic esters (lactones) is 1. The molecule has 0 amide bonds. The standard InChI is InChI=1S/C21H21NO4/c1-3-4-13-25-18-11-7-16(8-12-18)20-22-19(21(23)26-20)14-15-5-9-17(24-2)10-6-15/h5-12,14H,3-4,13H2,1-2H3. The fraction of sp³-hybridized carbons (Fsp3) is 0.238. The molecule has 134 valence electrons. The quantitative estimate of drug-likeness (QED) is 0.426. The average Bonchev–Trinajstić information content (AvgIpc) is 3.03. The number of aliphatic imine (C=N–C) groups is 1. The molecule has 0 aromatic heterocycles. The third kappa shape index (κ3) is 4.30. The van der Waals surface area contributed by atoms with E-state index in [-0.39, 0.29) is 5.70 Å². The zero-order valence-corrected chi connectivity index (χ0v) is 14.9. The predicted octanol–water partition coefficient (Wildman–Crippen LogP) is 4.22. The highest BCUT2D eigenvalue weighted by Crippen LogP contribution is 2.22. The van der Waals surface area contributed by atoms with Crippen LogP contribution >= 0.6 is 0 Å². The summed E-state index contributed by atoms with van der Waals surface area (Å²) >= 11 is 0. The van der Waals surface area contributed by atoms with Crippen molar-refractivity contribution in [2.24, 2.45) is 4.99 Å². The van der Waals surface area contributed by atoms with Crippen LogP contribution < -0.4 is 9.47 Å². The van der Waals surface area contributed by atoms with Gasteiger partial charge in [-0.3, -0.25) is 0 Å². The highest BCUT2D eigenvalue weighted by Gasteiger charge is 2.24. The van der Waals surface area contributed by atoms with Crippen LogP contribution in [0.15, 0.2) is 59.2 Å². The molecule has 0 spiro atoms. The first-order valence-corrected chi connectivity index (χ1v) is 8.59. The first-order valence-electron chi connectivity index (χ1n) is 8.59. The topological polar surface area (TPSA) is 57.1 Å². The number of ether oxygens (including phenoxy) is 3. The number of carbonyl (C=O) groups is 1. The van der Waals surface area contributed by atoms with Crippen molar-refractivity contribution in [3.05, 3.63) is 65.4 Å². The van der Waals surface area contributed by atoms with Crippen LogP contribution in [0, 0.1) is 0 Å². The fourth-order valence-electron chi connectivity index (χ4n) is 2.42. The maximum Gasteiger partial charge on any atom is 0.363 e. The summed E-state index contributed by atoms with van der Waals surface area (Å²) in [4.78, 5) is 16.4. The van der Waals surface area contributed by atoms with E-state index in [0.29, 0.717) is 12.5 Å². The molecule has 0 aliphatic carbocycles. The predicted molar refractivity (Wildman–Crippen MR) is 100 cm³/mol. The van der Waals surface area contributed by atoms with E-state index < -0.39 is 5.97 Å². The number of rotatable bonds is 7. The SMILES string of the molecule is CCCCOc1ccc(C2=NC(=Cc3ccc(OC)cc3)C(=O)O2)cc1. The Morgan fingerprint density at radius 2 is 1.73 bits per heavy atom. The normalized spacial score (nSPS) is 14.9. The van der Waals surface area contributed by atoms with Gasteiger partial charge in [0.15, 0.2) is 5.70 Å². The largest absolute Gasteiger partial charge is 0.497 e. The Morgan fingerprint density at radius 3 is 2.38 bits per heavy atom. The van der Waals surface area contributed by atoms with Crippen molar-refractivity contribution in [3.63, 3.8) is 0 Å². The number of carbonyl (C=O) groups excluding carboxylic acids is 1. The van der Waals surface area contributed by atoms with Crippen molar-refractivity contribution in [1.82, 2.24) is 0 Å². The number of benzene rings is 2. The van der Waals surface area contributed by atoms with Gasteiger partial charge in [-0.2, -0.15) is 0 Å². The van der Waals surface area contributed by atoms with Gasteiger partial charge in [-0.25, -0.2) is 9.79 Å². The number of nitrogens with zero attached hydrogens (tertiary/aromatic N) is 1. The molecular weight excluding hydrogens is 330 g/mol. The lowest BCUT2D eigenvalue weighted by molar-refractivity contribution is -0.129. The Kier molecular flexibility index (Phi) is 5.69. The second kappa shape index (κ2) is 8.34. The van der Waals surface area contributed by atoms with E-state index in [2.05, 4.69) is 11.9 Å². The molecular formula is C21H21NO4. The van der Waals surface area contributed by atoms with E-state index in [1.54, 1.807) is 13.2 Å². The second-order valence-corrected chi connectivity index (χ2v) is 5.84. The van der Waals surface area contributed by atoms with Crippen molar-refractivity contribution >= 4 is 17.9 Å². The molecule has 0 saturated heterocycles. The molecule has 0 bridgehead atoms. The summed E-state index contributed by atoms with van der Waals surface area (Å²) in [6, 6.07) is 14.7. The number of hydrogen-bond acceptors (Lipinski definition) is 5. The van der Waals surface area contributed by atoms with E-state index in [0.717, 1.165) is 35.5 Å². The minimum absolute atomic E-state index is 0.272. The van der Waals surface area contributed by atoms with Crippen LogP contribution in [0.1, 0.15) is 30.9 Å². The van der Waals surface area contributed by atoms with E-state index in [4.69, 9.17) is 14.2 Å². The molecule has 0 saturated carbocycles. The molecule has 5 heteroatoms. The first kappa shape index (κ1) is 17.7. The van der Waals surface area contributed by atoms with Gasteiger partial charge >= 0.3 is 5.97 Å². The molecule has 26 heavy (non-hydrogen) atoms. The van der Waals surface area contributed by atoms with Crippen LogP contribution in [0.3, 0.4) is 0 Å². The smallest absolute Gasteiger partial charge is 0.363 e. The molecule has 2 aromatic carbocycles. The van der Waals surface area contributed by atoms with Gasteiger partial charge in [0.05, 0.1) is 13.7 Å². The highest BCUT2D eigenvalue weighted by molar-refractivity contribution is 6.12. The van der Waals surface area contributed by atoms with E-state index in [1.165, 1.54) is 0 Å². The molecule has 5 nitrogen and oxygen atoms in total. The lowest BCUT2D eigenvalue weighted by Crippen LogP contribution is -2.05. The molecule has 0 radical (unpaired) electrons. The number of hydrogen-bond donors (Lipinski definition) is 0. The van der Waals surface area contributed by atoms with Gasteiger partial charge in [0.2, 0.25) is 5.90 Å². The monoisotopic (exact) mass is 351 g/mol. The molecule has 1 heterocycles. The van der Waals surface area contributed by atoms with Gasteiger partial charge in [0.25, 0.3) is 0 Å². The minimum Gasteiger partial charge on any atom is -0.497 e. The molecule has 0 N–H and O–H groups in total. The molecule has 3 rings (SSSR count). The van der Waals surface area contributed by atoms with Crippen molar-refractivity contribution in [2.45, 2.75) is 19.8 Å². The summed E-state index contributed by atoms with van der Waals surface area (Å²) in [7, 11) is 1.61. The van der Waals surface area contributed by atoms with Gasteiger partial charge in [0.1, 0.15) is 11.5 Å². The molecule has 0 fully saturated rings.